The molecule has 4 fully saturated rings. The molecule has 5 aliphatic rings. The van der Waals surface area contributed by atoms with Gasteiger partial charge in [-0.25, -0.2) is 0 Å². The van der Waals surface area contributed by atoms with Crippen molar-refractivity contribution in [3.05, 3.63) is 115 Å². The van der Waals surface area contributed by atoms with Crippen LogP contribution in [0.3, 0.4) is 0 Å². The summed E-state index contributed by atoms with van der Waals surface area (Å²) < 4.78 is 0. The van der Waals surface area contributed by atoms with Crippen LogP contribution in [0.4, 0.5) is 5.69 Å². The molecule has 2 bridgehead atoms. The van der Waals surface area contributed by atoms with Crippen molar-refractivity contribution in [1.29, 1.82) is 0 Å². The minimum Gasteiger partial charge on any atom is -0.373 e. The van der Waals surface area contributed by atoms with E-state index in [0.29, 0.717) is 24.7 Å². The summed E-state index contributed by atoms with van der Waals surface area (Å²) in [6.45, 7) is 13.9. The van der Waals surface area contributed by atoms with Crippen molar-refractivity contribution in [2.45, 2.75) is 57.9 Å². The molecule has 6 heteroatoms. The second-order valence-corrected chi connectivity index (χ2v) is 13.8. The lowest BCUT2D eigenvalue weighted by Gasteiger charge is -2.30. The van der Waals surface area contributed by atoms with Crippen LogP contribution >= 0.6 is 0 Å². The first kappa shape index (κ1) is 32.2. The van der Waals surface area contributed by atoms with Crippen LogP contribution in [0.15, 0.2) is 110 Å². The monoisotopic (exact) mass is 620 g/mol. The minimum atomic E-state index is -0.725. The van der Waals surface area contributed by atoms with Crippen LogP contribution in [0.2, 0.25) is 0 Å². The van der Waals surface area contributed by atoms with E-state index in [9.17, 15) is 19.8 Å². The maximum atomic E-state index is 13.4. The highest BCUT2D eigenvalue weighted by Gasteiger charge is 2.60. The number of aliphatic hydroxyl groups excluding tert-OH is 2. The number of fused-ring (bicyclic) bond motifs is 6. The Labute approximate surface area is 273 Å². The number of amides is 2. The lowest BCUT2D eigenvalue weighted by Crippen LogP contribution is -2.39. The Kier molecular flexibility index (Phi) is 9.49. The van der Waals surface area contributed by atoms with E-state index >= 15 is 0 Å². The normalized spacial score (nSPS) is 35.0. The lowest BCUT2D eigenvalue weighted by molar-refractivity contribution is -0.140. The molecule has 2 heterocycles. The van der Waals surface area contributed by atoms with E-state index in [1.54, 1.807) is 4.90 Å². The number of nitrogens with zero attached hydrogens (tertiary/aromatic N) is 2. The molecule has 2 saturated carbocycles. The quantitative estimate of drug-likeness (QED) is 0.149. The average Bonchev–Trinajstić information content (AvgIpc) is 3.82. The molecule has 10 atom stereocenters. The van der Waals surface area contributed by atoms with Crippen LogP contribution in [0.25, 0.3) is 0 Å². The van der Waals surface area contributed by atoms with Gasteiger partial charge >= 0.3 is 0 Å². The Hall–Kier alpha value is -3.74. The Morgan fingerprint density at radius 3 is 2.35 bits per heavy atom. The summed E-state index contributed by atoms with van der Waals surface area (Å²) in [5.74, 6) is 0.373. The van der Waals surface area contributed by atoms with Crippen LogP contribution in [0, 0.1) is 47.3 Å². The second-order valence-electron chi connectivity index (χ2n) is 13.8. The maximum absolute atomic E-state index is 13.4. The summed E-state index contributed by atoms with van der Waals surface area (Å²) in [5, 5.41) is 22.7. The van der Waals surface area contributed by atoms with Gasteiger partial charge in [0.15, 0.2) is 0 Å². The Balaban J connectivity index is 1.10. The molecule has 0 spiro atoms. The Morgan fingerprint density at radius 2 is 1.63 bits per heavy atom. The van der Waals surface area contributed by atoms with Crippen LogP contribution in [-0.2, 0) is 16.0 Å². The number of carbonyl (C=O) groups excluding carboxylic acids is 2. The average molecular weight is 621 g/mol. The van der Waals surface area contributed by atoms with E-state index in [-0.39, 0.29) is 53.9 Å². The number of rotatable bonds is 13. The second kappa shape index (κ2) is 13.5. The van der Waals surface area contributed by atoms with Gasteiger partial charge in [-0.2, -0.15) is 0 Å². The third kappa shape index (κ3) is 5.71. The zero-order chi connectivity index (χ0) is 32.5. The first-order valence-electron chi connectivity index (χ1n) is 16.9. The molecule has 0 aromatic heterocycles. The van der Waals surface area contributed by atoms with Gasteiger partial charge in [-0.05, 0) is 85.5 Å². The molecular weight excluding hydrogens is 572 g/mol. The molecule has 46 heavy (non-hydrogen) atoms. The fraction of sp³-hybridized carbons (Fsp3) is 0.450. The lowest BCUT2D eigenvalue weighted by atomic mass is 9.79. The van der Waals surface area contributed by atoms with Gasteiger partial charge in [-0.3, -0.25) is 14.5 Å². The summed E-state index contributed by atoms with van der Waals surface area (Å²) in [4.78, 5) is 30.0. The van der Waals surface area contributed by atoms with E-state index < -0.39 is 12.5 Å². The topological polar surface area (TPSA) is 81.1 Å². The first-order valence-corrected chi connectivity index (χ1v) is 16.9. The zero-order valence-corrected chi connectivity index (χ0v) is 27.0. The van der Waals surface area contributed by atoms with Crippen LogP contribution in [-0.4, -0.2) is 45.9 Å². The van der Waals surface area contributed by atoms with E-state index in [1.807, 2.05) is 54.6 Å². The number of benzene rings is 1. The minimum absolute atomic E-state index is 0.0370. The highest BCUT2D eigenvalue weighted by Crippen LogP contribution is 2.59. The van der Waals surface area contributed by atoms with Gasteiger partial charge in [-0.1, -0.05) is 79.3 Å². The van der Waals surface area contributed by atoms with E-state index in [0.717, 1.165) is 42.5 Å². The van der Waals surface area contributed by atoms with E-state index in [1.165, 1.54) is 10.5 Å². The van der Waals surface area contributed by atoms with Crippen molar-refractivity contribution in [2.24, 2.45) is 47.3 Å². The van der Waals surface area contributed by atoms with Gasteiger partial charge < -0.3 is 15.1 Å². The van der Waals surface area contributed by atoms with Gasteiger partial charge in [0, 0.05) is 24.1 Å². The highest BCUT2D eigenvalue weighted by atomic mass is 16.3. The summed E-state index contributed by atoms with van der Waals surface area (Å²) in [6, 6.07) is 8.06. The third-order valence-electron chi connectivity index (χ3n) is 11.2. The number of imide groups is 1. The third-order valence-corrected chi connectivity index (χ3v) is 11.2. The van der Waals surface area contributed by atoms with Gasteiger partial charge in [0.2, 0.25) is 11.8 Å². The van der Waals surface area contributed by atoms with E-state index in [4.69, 9.17) is 0 Å². The van der Waals surface area contributed by atoms with Crippen LogP contribution in [0.5, 0.6) is 0 Å². The van der Waals surface area contributed by atoms with Crippen LogP contribution < -0.4 is 4.90 Å². The molecule has 2 aliphatic heterocycles. The maximum Gasteiger partial charge on any atom is 0.233 e. The van der Waals surface area contributed by atoms with Crippen molar-refractivity contribution in [1.82, 2.24) is 4.90 Å². The molecule has 2 N–H and O–H groups in total. The van der Waals surface area contributed by atoms with Crippen molar-refractivity contribution < 1.29 is 19.8 Å². The van der Waals surface area contributed by atoms with Gasteiger partial charge in [0.1, 0.15) is 12.5 Å². The molecule has 8 unspecified atom stereocenters. The zero-order valence-electron chi connectivity index (χ0n) is 27.0. The molecule has 3 aliphatic carbocycles. The molecule has 2 saturated heterocycles. The molecule has 0 radical (unpaired) electrons. The fourth-order valence-electron chi connectivity index (χ4n) is 9.22. The summed E-state index contributed by atoms with van der Waals surface area (Å²) in [5.41, 5.74) is 4.33. The van der Waals surface area contributed by atoms with Crippen molar-refractivity contribution in [3.63, 3.8) is 0 Å². The molecule has 2 amide bonds. The SMILES string of the molecule is C=CC/C=C(\C=C/CN1C(=O)C2C(C)CC(/C=C/CC=C)C2C1=O)Cc1ccc(N2C(O)C3C4CC(C=C4CC=C)[C@H]3[C@H]2O)cc1. The van der Waals surface area contributed by atoms with Gasteiger partial charge in [-0.15, -0.1) is 19.7 Å². The van der Waals surface area contributed by atoms with Gasteiger partial charge in [0.25, 0.3) is 0 Å². The molecule has 1 aromatic rings. The summed E-state index contributed by atoms with van der Waals surface area (Å²) >= 11 is 0. The number of hydrogen-bond acceptors (Lipinski definition) is 5. The summed E-state index contributed by atoms with van der Waals surface area (Å²) in [6.07, 6.45) is 21.5. The number of hydrogen-bond donors (Lipinski definition) is 2. The molecule has 6 rings (SSSR count). The predicted octanol–water partition coefficient (Wildman–Crippen LogP) is 6.52. The molecular formula is C40H48N2O4. The fourth-order valence-corrected chi connectivity index (χ4v) is 9.22. The predicted molar refractivity (Wildman–Crippen MR) is 183 cm³/mol. The van der Waals surface area contributed by atoms with Crippen molar-refractivity contribution in [3.8, 4) is 0 Å². The number of allylic oxidation sites excluding steroid dienone is 10. The summed E-state index contributed by atoms with van der Waals surface area (Å²) in [7, 11) is 0. The van der Waals surface area contributed by atoms with Crippen LogP contribution in [0.1, 0.15) is 44.6 Å². The largest absolute Gasteiger partial charge is 0.373 e. The Bertz CT molecular complexity index is 1480. The number of anilines is 1. The molecule has 6 nitrogen and oxygen atoms in total. The highest BCUT2D eigenvalue weighted by molar-refractivity contribution is 6.06. The molecule has 242 valence electrons. The van der Waals surface area contributed by atoms with Crippen molar-refractivity contribution >= 4 is 17.5 Å². The Morgan fingerprint density at radius 1 is 0.913 bits per heavy atom. The standard InChI is InChI=1S/C40H48N2O4/c1-5-8-10-15-29-21-25(4)33-34(29)38(44)41(37(33)43)20-11-14-26(13-9-6-2)22-27-16-18-31(19-17-27)42-39(45)35-30-23-28(12-7-3)32(24-30)36(35)40(42)46/h5-7,10-11,13-19,23,25,29-30,32-36,39-40,45-46H,1-3,8-9,12,20-22,24H2,4H3/b14-11-,15-10+,26-13+/t25?,29?,30?,32?,33?,34?,35-,36?,39-,40?/m1/s1. The smallest absolute Gasteiger partial charge is 0.233 e. The van der Waals surface area contributed by atoms with E-state index in [2.05, 4.69) is 51.0 Å². The van der Waals surface area contributed by atoms with Crippen molar-refractivity contribution in [2.75, 3.05) is 11.4 Å². The number of likely N-dealkylation sites (tertiary alicyclic amines) is 1. The number of carbonyl (C=O) groups is 2. The molecule has 1 aromatic carbocycles. The number of aliphatic hydroxyl groups is 2. The first-order chi connectivity index (χ1) is 22.3. The van der Waals surface area contributed by atoms with Gasteiger partial charge in [0.05, 0.1) is 11.8 Å².